The number of benzene rings is 1. The number of likely N-dealkylation sites (tertiary alicyclic amines) is 1. The Labute approximate surface area is 230 Å². The molecule has 2 aliphatic heterocycles. The Bertz CT molecular complexity index is 1360. The van der Waals surface area contributed by atoms with E-state index in [1.165, 1.54) is 25.6 Å². The van der Waals surface area contributed by atoms with Gasteiger partial charge >= 0.3 is 0 Å². The number of aromatic nitrogens is 2. The lowest BCUT2D eigenvalue weighted by molar-refractivity contribution is 0.0969. The highest BCUT2D eigenvalue weighted by atomic mass is 28.3. The summed E-state index contributed by atoms with van der Waals surface area (Å²) in [6.07, 6.45) is 2.37. The zero-order valence-electron chi connectivity index (χ0n) is 23.5. The zero-order chi connectivity index (χ0) is 27.9. The summed E-state index contributed by atoms with van der Waals surface area (Å²) in [6.45, 7) is 12.9. The summed E-state index contributed by atoms with van der Waals surface area (Å²) in [5.41, 5.74) is 7.71. The normalized spacial score (nSPS) is 17.7. The van der Waals surface area contributed by atoms with E-state index in [0.717, 1.165) is 35.8 Å². The fourth-order valence-electron chi connectivity index (χ4n) is 5.11. The molecule has 4 heterocycles. The molecule has 1 amide bonds. The minimum atomic E-state index is -1.81. The van der Waals surface area contributed by atoms with Crippen LogP contribution < -0.4 is 30.0 Å². The predicted octanol–water partition coefficient (Wildman–Crippen LogP) is 3.78. The summed E-state index contributed by atoms with van der Waals surface area (Å²) in [5.74, 6) is 1.66. The summed E-state index contributed by atoms with van der Waals surface area (Å²) in [7, 11) is 1.43. The van der Waals surface area contributed by atoms with Gasteiger partial charge in [0, 0.05) is 30.8 Å². The third kappa shape index (κ3) is 5.33. The highest BCUT2D eigenvalue weighted by Gasteiger charge is 2.33. The van der Waals surface area contributed by atoms with Gasteiger partial charge in [-0.25, -0.2) is 0 Å². The van der Waals surface area contributed by atoms with Crippen molar-refractivity contribution in [1.29, 1.82) is 0 Å². The van der Waals surface area contributed by atoms with E-state index < -0.39 is 14.0 Å². The van der Waals surface area contributed by atoms with Crippen molar-refractivity contribution in [2.45, 2.75) is 45.4 Å². The Morgan fingerprint density at radius 2 is 1.77 bits per heavy atom. The summed E-state index contributed by atoms with van der Waals surface area (Å²) in [6, 6.07) is 7.81. The molecular formula is C28H37N5O5Si. The van der Waals surface area contributed by atoms with E-state index in [-0.39, 0.29) is 11.7 Å². The van der Waals surface area contributed by atoms with Crippen molar-refractivity contribution < 1.29 is 23.4 Å². The van der Waals surface area contributed by atoms with Crippen LogP contribution in [0.3, 0.4) is 0 Å². The summed E-state index contributed by atoms with van der Waals surface area (Å²) < 4.78 is 23.4. The van der Waals surface area contributed by atoms with Crippen LogP contribution in [-0.4, -0.2) is 75.3 Å². The molecule has 3 aromatic rings. The number of hydrogen-bond donors (Lipinski definition) is 1. The topological polar surface area (TPSA) is 116 Å². The number of hydrogen-bond acceptors (Lipinski definition) is 9. The van der Waals surface area contributed by atoms with Crippen molar-refractivity contribution in [3.8, 4) is 34.6 Å². The van der Waals surface area contributed by atoms with E-state index in [1.807, 2.05) is 13.0 Å². The van der Waals surface area contributed by atoms with Gasteiger partial charge in [-0.3, -0.25) is 9.69 Å². The monoisotopic (exact) mass is 551 g/mol. The highest BCUT2D eigenvalue weighted by molar-refractivity contribution is 6.88. The Balaban J connectivity index is 1.57. The maximum Gasteiger partial charge on any atom is 0.290 e. The first-order valence-corrected chi connectivity index (χ1v) is 16.8. The lowest BCUT2D eigenvalue weighted by Crippen LogP contribution is -2.46. The van der Waals surface area contributed by atoms with Crippen molar-refractivity contribution in [2.24, 2.45) is 5.73 Å². The second-order valence-corrected chi connectivity index (χ2v) is 16.3. The van der Waals surface area contributed by atoms with Gasteiger partial charge < -0.3 is 29.3 Å². The van der Waals surface area contributed by atoms with E-state index in [9.17, 15) is 4.79 Å². The number of amides is 1. The number of carbonyl (C=O) groups is 1. The average molecular weight is 552 g/mol. The number of nitrogens with two attached hydrogens (primary N) is 1. The third-order valence-electron chi connectivity index (χ3n) is 7.60. The molecule has 208 valence electrons. The van der Waals surface area contributed by atoms with Crippen LogP contribution in [0.1, 0.15) is 29.0 Å². The van der Waals surface area contributed by atoms with Gasteiger partial charge in [-0.15, -0.1) is 0 Å². The Kier molecular flexibility index (Phi) is 7.30. The molecule has 2 aliphatic rings. The minimum absolute atomic E-state index is 0.0369. The first-order chi connectivity index (χ1) is 18.6. The Morgan fingerprint density at radius 1 is 1.08 bits per heavy atom. The van der Waals surface area contributed by atoms with Crippen molar-refractivity contribution in [2.75, 3.05) is 45.3 Å². The number of furan rings is 1. The summed E-state index contributed by atoms with van der Waals surface area (Å²) in [5, 5.41) is 1.16. The molecule has 10 nitrogen and oxygen atoms in total. The standard InChI is InChI=1S/C28H37N5O5Si/c1-17-20(14-19(39(4,5)6)15-22(17)38-23-9-8-21(37-23)25(29)34)24-26(35-2)30-28(31-27(24)36-3)33-13-10-18(16-33)32-11-7-12-32/h8-9,14-15,18H,7,10-13,16H2,1-6H3,(H2,29,34). The molecule has 5 rings (SSSR count). The predicted molar refractivity (Wildman–Crippen MR) is 152 cm³/mol. The highest BCUT2D eigenvalue weighted by Crippen LogP contribution is 2.42. The molecule has 39 heavy (non-hydrogen) atoms. The summed E-state index contributed by atoms with van der Waals surface area (Å²) in [4.78, 5) is 26.0. The molecule has 2 N–H and O–H groups in total. The maximum atomic E-state index is 11.5. The second kappa shape index (κ2) is 10.5. The lowest BCUT2D eigenvalue weighted by atomic mass is 10.0. The molecule has 1 aromatic carbocycles. The van der Waals surface area contributed by atoms with Crippen molar-refractivity contribution in [3.05, 3.63) is 35.6 Å². The molecular weight excluding hydrogens is 514 g/mol. The molecule has 2 saturated heterocycles. The Hall–Kier alpha value is -3.57. The van der Waals surface area contributed by atoms with Crippen molar-refractivity contribution in [3.63, 3.8) is 0 Å². The zero-order valence-corrected chi connectivity index (χ0v) is 24.5. The smallest absolute Gasteiger partial charge is 0.290 e. The van der Waals surface area contributed by atoms with Gasteiger partial charge in [-0.2, -0.15) is 9.97 Å². The molecule has 0 aliphatic carbocycles. The molecule has 11 heteroatoms. The first-order valence-electron chi connectivity index (χ1n) is 13.3. The molecule has 1 atom stereocenters. The van der Waals surface area contributed by atoms with E-state index in [0.29, 0.717) is 35.1 Å². The molecule has 2 fully saturated rings. The molecule has 2 aromatic heterocycles. The largest absolute Gasteiger partial charge is 0.480 e. The van der Waals surface area contributed by atoms with Gasteiger partial charge in [0.1, 0.15) is 11.3 Å². The van der Waals surface area contributed by atoms with Crippen LogP contribution >= 0.6 is 0 Å². The summed E-state index contributed by atoms with van der Waals surface area (Å²) >= 11 is 0. The van der Waals surface area contributed by atoms with Gasteiger partial charge in [0.25, 0.3) is 11.9 Å². The molecule has 0 radical (unpaired) electrons. The van der Waals surface area contributed by atoms with Crippen LogP contribution in [0.15, 0.2) is 28.7 Å². The van der Waals surface area contributed by atoms with Gasteiger partial charge in [0.05, 0.1) is 22.3 Å². The van der Waals surface area contributed by atoms with Crippen LogP contribution in [0.4, 0.5) is 5.95 Å². The number of ether oxygens (including phenoxy) is 3. The van der Waals surface area contributed by atoms with E-state index in [1.54, 1.807) is 20.3 Å². The fraction of sp³-hybridized carbons (Fsp3) is 0.464. The molecule has 0 bridgehead atoms. The third-order valence-corrected chi connectivity index (χ3v) is 9.62. The van der Waals surface area contributed by atoms with Crippen LogP contribution in [0.5, 0.6) is 23.5 Å². The van der Waals surface area contributed by atoms with Gasteiger partial charge in [-0.1, -0.05) is 30.9 Å². The second-order valence-electron chi connectivity index (χ2n) is 11.2. The SMILES string of the molecule is COc1nc(N2CCC(N3CCC3)C2)nc(OC)c1-c1cc([Si](C)(C)C)cc(Oc2ccc(C(N)=O)o2)c1C. The quantitative estimate of drug-likeness (QED) is 0.397. The number of rotatable bonds is 9. The molecule has 1 unspecified atom stereocenters. The number of methoxy groups -OCH3 is 2. The molecule has 0 saturated carbocycles. The Morgan fingerprint density at radius 3 is 2.31 bits per heavy atom. The maximum absolute atomic E-state index is 11.5. The van der Waals surface area contributed by atoms with Crippen LogP contribution in [-0.2, 0) is 0 Å². The molecule has 0 spiro atoms. The van der Waals surface area contributed by atoms with Gasteiger partial charge in [0.2, 0.25) is 17.7 Å². The van der Waals surface area contributed by atoms with Crippen LogP contribution in [0, 0.1) is 6.92 Å². The number of nitrogens with zero attached hydrogens (tertiary/aromatic N) is 4. The van der Waals surface area contributed by atoms with E-state index in [4.69, 9.17) is 34.3 Å². The number of carbonyl (C=O) groups excluding carboxylic acids is 1. The van der Waals surface area contributed by atoms with Crippen LogP contribution in [0.25, 0.3) is 11.1 Å². The van der Waals surface area contributed by atoms with Crippen molar-refractivity contribution in [1.82, 2.24) is 14.9 Å². The van der Waals surface area contributed by atoms with Gasteiger partial charge in [0.15, 0.2) is 5.76 Å². The van der Waals surface area contributed by atoms with Gasteiger partial charge in [-0.05, 0) is 50.6 Å². The van der Waals surface area contributed by atoms with E-state index in [2.05, 4.69) is 35.5 Å². The number of anilines is 1. The minimum Gasteiger partial charge on any atom is -0.480 e. The lowest BCUT2D eigenvalue weighted by Gasteiger charge is -2.36. The van der Waals surface area contributed by atoms with Crippen molar-refractivity contribution >= 4 is 25.1 Å². The first kappa shape index (κ1) is 27.0. The fourth-order valence-corrected chi connectivity index (χ4v) is 6.25. The number of primary amides is 1. The van der Waals surface area contributed by atoms with Crippen LogP contribution in [0.2, 0.25) is 19.6 Å². The van der Waals surface area contributed by atoms with E-state index >= 15 is 0 Å². The average Bonchev–Trinajstić information content (AvgIpc) is 3.53.